The number of nitrogens with zero attached hydrogens (tertiary/aromatic N) is 3. The fourth-order valence-electron chi connectivity index (χ4n) is 4.56. The molecule has 0 atom stereocenters. The van der Waals surface area contributed by atoms with Crippen LogP contribution in [0.15, 0.2) is 54.6 Å². The summed E-state index contributed by atoms with van der Waals surface area (Å²) in [7, 11) is 1.93. The molecule has 0 bridgehead atoms. The second-order valence-corrected chi connectivity index (χ2v) is 8.44. The highest BCUT2D eigenvalue weighted by molar-refractivity contribution is 5.78. The summed E-state index contributed by atoms with van der Waals surface area (Å²) < 4.78 is 5.49. The molecule has 2 aromatic rings. The van der Waals surface area contributed by atoms with Crippen LogP contribution in [0.2, 0.25) is 0 Å². The van der Waals surface area contributed by atoms with E-state index >= 15 is 0 Å². The molecule has 5 nitrogen and oxygen atoms in total. The molecule has 0 saturated carbocycles. The Kier molecular flexibility index (Phi) is 7.03. The molecule has 2 fully saturated rings. The number of piperidine rings is 1. The zero-order chi connectivity index (χ0) is 20.8. The number of carbonyl (C=O) groups excluding carboxylic acids is 1. The van der Waals surface area contributed by atoms with E-state index in [0.717, 1.165) is 52.2 Å². The number of anilines is 1. The first-order chi connectivity index (χ1) is 14.7. The van der Waals surface area contributed by atoms with Gasteiger partial charge in [-0.05, 0) is 49.0 Å². The number of likely N-dealkylation sites (tertiary alicyclic amines) is 1. The highest BCUT2D eigenvalue weighted by atomic mass is 16.5. The Morgan fingerprint density at radius 2 is 1.63 bits per heavy atom. The molecular formula is C25H33N3O2. The number of hydrogen-bond acceptors (Lipinski definition) is 4. The molecular weight excluding hydrogens is 374 g/mol. The Labute approximate surface area is 180 Å². The first-order valence-corrected chi connectivity index (χ1v) is 11.1. The van der Waals surface area contributed by atoms with Crippen LogP contribution in [0, 0.1) is 0 Å². The molecule has 2 heterocycles. The SMILES string of the molecule is CN(Cc1ccccc1N1CCOCC1)C(=O)CN1CCC(c2ccccc2)CC1. The van der Waals surface area contributed by atoms with Gasteiger partial charge in [-0.3, -0.25) is 9.69 Å². The van der Waals surface area contributed by atoms with Gasteiger partial charge in [0.2, 0.25) is 5.91 Å². The van der Waals surface area contributed by atoms with Gasteiger partial charge in [0.1, 0.15) is 0 Å². The molecule has 0 N–H and O–H groups in total. The molecule has 2 aromatic carbocycles. The van der Waals surface area contributed by atoms with Gasteiger partial charge < -0.3 is 14.5 Å². The minimum absolute atomic E-state index is 0.199. The molecule has 0 spiro atoms. The predicted molar refractivity (Wildman–Crippen MR) is 121 cm³/mol. The van der Waals surface area contributed by atoms with Crippen LogP contribution in [-0.4, -0.2) is 68.7 Å². The van der Waals surface area contributed by atoms with E-state index in [4.69, 9.17) is 4.74 Å². The van der Waals surface area contributed by atoms with Crippen LogP contribution < -0.4 is 4.90 Å². The molecule has 2 aliphatic rings. The minimum atomic E-state index is 0.199. The van der Waals surface area contributed by atoms with E-state index in [1.165, 1.54) is 16.8 Å². The predicted octanol–water partition coefficient (Wildman–Crippen LogP) is 3.36. The zero-order valence-electron chi connectivity index (χ0n) is 18.0. The lowest BCUT2D eigenvalue weighted by Gasteiger charge is -2.33. The monoisotopic (exact) mass is 407 g/mol. The van der Waals surface area contributed by atoms with Gasteiger partial charge in [-0.1, -0.05) is 48.5 Å². The first kappa shape index (κ1) is 20.9. The Morgan fingerprint density at radius 3 is 2.37 bits per heavy atom. The van der Waals surface area contributed by atoms with Gasteiger partial charge in [0.15, 0.2) is 0 Å². The van der Waals surface area contributed by atoms with E-state index in [9.17, 15) is 4.79 Å². The standard InChI is InChI=1S/C25H33N3O2/c1-26(19-23-9-5-6-10-24(23)28-15-17-30-18-16-28)25(29)20-27-13-11-22(12-14-27)21-7-3-2-4-8-21/h2-10,22H,11-20H2,1H3. The fourth-order valence-corrected chi connectivity index (χ4v) is 4.56. The number of rotatable bonds is 6. The van der Waals surface area contributed by atoms with Crippen molar-refractivity contribution in [3.63, 3.8) is 0 Å². The summed E-state index contributed by atoms with van der Waals surface area (Å²) >= 11 is 0. The maximum absolute atomic E-state index is 12.9. The summed E-state index contributed by atoms with van der Waals surface area (Å²) in [5.74, 6) is 0.820. The summed E-state index contributed by atoms with van der Waals surface area (Å²) in [5.41, 5.74) is 3.86. The van der Waals surface area contributed by atoms with Crippen LogP contribution in [0.25, 0.3) is 0 Å². The second-order valence-electron chi connectivity index (χ2n) is 8.44. The van der Waals surface area contributed by atoms with E-state index in [0.29, 0.717) is 19.0 Å². The zero-order valence-corrected chi connectivity index (χ0v) is 18.0. The number of likely N-dealkylation sites (N-methyl/N-ethyl adjacent to an activating group) is 1. The molecule has 0 radical (unpaired) electrons. The molecule has 30 heavy (non-hydrogen) atoms. The highest BCUT2D eigenvalue weighted by Crippen LogP contribution is 2.28. The van der Waals surface area contributed by atoms with Gasteiger partial charge in [-0.15, -0.1) is 0 Å². The summed E-state index contributed by atoms with van der Waals surface area (Å²) in [6, 6.07) is 19.2. The van der Waals surface area contributed by atoms with Gasteiger partial charge in [0.25, 0.3) is 0 Å². The van der Waals surface area contributed by atoms with Crippen molar-refractivity contribution in [2.45, 2.75) is 25.3 Å². The lowest BCUT2D eigenvalue weighted by atomic mass is 9.89. The van der Waals surface area contributed by atoms with Crippen molar-refractivity contribution in [3.8, 4) is 0 Å². The number of morpholine rings is 1. The average molecular weight is 408 g/mol. The molecule has 0 aliphatic carbocycles. The Morgan fingerprint density at radius 1 is 0.967 bits per heavy atom. The molecule has 0 unspecified atom stereocenters. The van der Waals surface area contributed by atoms with Gasteiger partial charge >= 0.3 is 0 Å². The van der Waals surface area contributed by atoms with Crippen molar-refractivity contribution in [2.24, 2.45) is 0 Å². The van der Waals surface area contributed by atoms with Crippen molar-refractivity contribution in [2.75, 3.05) is 57.9 Å². The van der Waals surface area contributed by atoms with E-state index < -0.39 is 0 Å². The topological polar surface area (TPSA) is 36.0 Å². The molecule has 2 aliphatic heterocycles. The van der Waals surface area contributed by atoms with Gasteiger partial charge in [0, 0.05) is 32.4 Å². The lowest BCUT2D eigenvalue weighted by molar-refractivity contribution is -0.131. The Bertz CT molecular complexity index is 812. The van der Waals surface area contributed by atoms with Crippen molar-refractivity contribution >= 4 is 11.6 Å². The normalized spacial score (nSPS) is 18.4. The third-order valence-electron chi connectivity index (χ3n) is 6.39. The van der Waals surface area contributed by atoms with Crippen LogP contribution in [0.4, 0.5) is 5.69 Å². The lowest BCUT2D eigenvalue weighted by Crippen LogP contribution is -2.42. The van der Waals surface area contributed by atoms with Gasteiger partial charge in [0.05, 0.1) is 19.8 Å². The smallest absolute Gasteiger partial charge is 0.236 e. The van der Waals surface area contributed by atoms with Crippen LogP contribution in [0.5, 0.6) is 0 Å². The number of ether oxygens (including phenoxy) is 1. The van der Waals surface area contributed by atoms with E-state index in [1.54, 1.807) is 0 Å². The molecule has 2 saturated heterocycles. The van der Waals surface area contributed by atoms with Crippen LogP contribution >= 0.6 is 0 Å². The minimum Gasteiger partial charge on any atom is -0.378 e. The number of carbonyl (C=O) groups is 1. The maximum Gasteiger partial charge on any atom is 0.236 e. The summed E-state index contributed by atoms with van der Waals surface area (Å²) in [5, 5.41) is 0. The quantitative estimate of drug-likeness (QED) is 0.736. The number of amides is 1. The van der Waals surface area contributed by atoms with Crippen molar-refractivity contribution < 1.29 is 9.53 Å². The highest BCUT2D eigenvalue weighted by Gasteiger charge is 2.23. The van der Waals surface area contributed by atoms with Gasteiger partial charge in [-0.2, -0.15) is 0 Å². The van der Waals surface area contributed by atoms with Crippen molar-refractivity contribution in [3.05, 3.63) is 65.7 Å². The van der Waals surface area contributed by atoms with E-state index in [2.05, 4.69) is 64.4 Å². The van der Waals surface area contributed by atoms with Crippen LogP contribution in [-0.2, 0) is 16.1 Å². The number of hydrogen-bond donors (Lipinski definition) is 0. The summed E-state index contributed by atoms with van der Waals surface area (Å²) in [4.78, 5) is 19.5. The molecule has 160 valence electrons. The summed E-state index contributed by atoms with van der Waals surface area (Å²) in [6.45, 7) is 6.48. The van der Waals surface area contributed by atoms with E-state index in [1.807, 2.05) is 11.9 Å². The fraction of sp³-hybridized carbons (Fsp3) is 0.480. The van der Waals surface area contributed by atoms with Crippen molar-refractivity contribution in [1.29, 1.82) is 0 Å². The maximum atomic E-state index is 12.9. The first-order valence-electron chi connectivity index (χ1n) is 11.1. The second kappa shape index (κ2) is 10.1. The third-order valence-corrected chi connectivity index (χ3v) is 6.39. The molecule has 5 heteroatoms. The summed E-state index contributed by atoms with van der Waals surface area (Å²) in [6.07, 6.45) is 2.25. The molecule has 0 aromatic heterocycles. The molecule has 4 rings (SSSR count). The largest absolute Gasteiger partial charge is 0.378 e. The van der Waals surface area contributed by atoms with Crippen LogP contribution in [0.1, 0.15) is 29.9 Å². The Hall–Kier alpha value is -2.37. The number of benzene rings is 2. The third kappa shape index (κ3) is 5.21. The van der Waals surface area contributed by atoms with Crippen LogP contribution in [0.3, 0.4) is 0 Å². The molecule has 1 amide bonds. The number of para-hydroxylation sites is 1. The van der Waals surface area contributed by atoms with Crippen molar-refractivity contribution in [1.82, 2.24) is 9.80 Å². The van der Waals surface area contributed by atoms with Gasteiger partial charge in [-0.25, -0.2) is 0 Å². The Balaban J connectivity index is 1.30. The average Bonchev–Trinajstić information content (AvgIpc) is 2.81. The van der Waals surface area contributed by atoms with E-state index in [-0.39, 0.29) is 5.91 Å².